The summed E-state index contributed by atoms with van der Waals surface area (Å²) in [5.74, 6) is -0.206. The van der Waals surface area contributed by atoms with Crippen LogP contribution in [0.4, 0.5) is 5.69 Å². The van der Waals surface area contributed by atoms with E-state index in [1.54, 1.807) is 18.2 Å². The number of carbonyl (C=O) groups is 1. The first-order chi connectivity index (χ1) is 14.7. The van der Waals surface area contributed by atoms with Gasteiger partial charge in [-0.1, -0.05) is 70.7 Å². The van der Waals surface area contributed by atoms with E-state index in [2.05, 4.69) is 47.5 Å². The lowest BCUT2D eigenvalue weighted by atomic mass is 10.3. The first-order valence-corrected chi connectivity index (χ1v) is 10.8. The van der Waals surface area contributed by atoms with Crippen LogP contribution in [0.3, 0.4) is 0 Å². The molecule has 0 saturated heterocycles. The van der Waals surface area contributed by atoms with Gasteiger partial charge >= 0.3 is 0 Å². The van der Waals surface area contributed by atoms with Crippen molar-refractivity contribution in [3.8, 4) is 0 Å². The Morgan fingerprint density at radius 2 is 1.94 bits per heavy atom. The normalized spacial score (nSPS) is 8.65. The highest BCUT2D eigenvalue weighted by Gasteiger charge is 2.22. The average molecular weight is 509 g/mol. The molecule has 0 spiro atoms. The van der Waals surface area contributed by atoms with Crippen LogP contribution in [0.5, 0.6) is 0 Å². The summed E-state index contributed by atoms with van der Waals surface area (Å²) < 4.78 is 0.407. The topological polar surface area (TPSA) is 60.2 Å². The largest absolute Gasteiger partial charge is 0.294 e. The van der Waals surface area contributed by atoms with Gasteiger partial charge in [-0.15, -0.1) is 11.3 Å². The van der Waals surface area contributed by atoms with Gasteiger partial charge in [0, 0.05) is 22.1 Å². The van der Waals surface area contributed by atoms with Gasteiger partial charge in [0.2, 0.25) is 0 Å². The number of ketones is 1. The Hall–Kier alpha value is -2.63. The van der Waals surface area contributed by atoms with E-state index in [4.69, 9.17) is 34.8 Å². The molecule has 0 saturated carbocycles. The Morgan fingerprint density at radius 1 is 1.26 bits per heavy atom. The third-order valence-electron chi connectivity index (χ3n) is 2.92. The number of Topliss-reactive ketones (excluding diaryl/α,β-unsaturated/α-hetero) is 1. The van der Waals surface area contributed by atoms with Crippen LogP contribution in [-0.4, -0.2) is 10.7 Å². The zero-order valence-electron chi connectivity index (χ0n) is 15.9. The van der Waals surface area contributed by atoms with Gasteiger partial charge in [-0.3, -0.25) is 14.9 Å². The van der Waals surface area contributed by atoms with Crippen LogP contribution < -0.4 is 0 Å². The van der Waals surface area contributed by atoms with E-state index >= 15 is 0 Å². The molecule has 156 valence electrons. The number of hydrogen-bond acceptors (Lipinski definition) is 5. The summed E-state index contributed by atoms with van der Waals surface area (Å²) in [6.07, 6.45) is 1.47. The number of nitro groups is 1. The van der Waals surface area contributed by atoms with Gasteiger partial charge in [0.15, 0.2) is 5.78 Å². The molecule has 0 aliphatic heterocycles. The van der Waals surface area contributed by atoms with E-state index in [0.717, 1.165) is 23.1 Å². The van der Waals surface area contributed by atoms with Gasteiger partial charge in [-0.05, 0) is 48.6 Å². The highest BCUT2D eigenvalue weighted by Crippen LogP contribution is 2.44. The summed E-state index contributed by atoms with van der Waals surface area (Å²) in [4.78, 5) is 22.8. The van der Waals surface area contributed by atoms with Crippen molar-refractivity contribution < 1.29 is 9.72 Å². The molecule has 0 amide bonds. The molecule has 2 aromatic rings. The van der Waals surface area contributed by atoms with E-state index in [1.165, 1.54) is 19.1 Å². The predicted octanol–water partition coefficient (Wildman–Crippen LogP) is 8.17. The lowest BCUT2D eigenvalue weighted by Crippen LogP contribution is -1.88. The molecule has 0 radical (unpaired) electrons. The summed E-state index contributed by atoms with van der Waals surface area (Å²) in [6, 6.07) is 6.35. The molecular weight excluding hydrogens is 497 g/mol. The Balaban J connectivity index is 0.000000373. The number of benzene rings is 1. The second-order valence-corrected chi connectivity index (χ2v) is 8.80. The molecule has 0 aliphatic rings. The maximum Gasteiger partial charge on any atom is 0.294 e. The molecule has 31 heavy (non-hydrogen) atoms. The molecule has 0 N–H and O–H groups in total. The zero-order chi connectivity index (χ0) is 23.4. The zero-order valence-corrected chi connectivity index (χ0v) is 19.8. The minimum Gasteiger partial charge on any atom is -0.294 e. The summed E-state index contributed by atoms with van der Waals surface area (Å²) in [5, 5.41) is 12.1. The monoisotopic (exact) mass is 507 g/mol. The Bertz CT molecular complexity index is 1260. The summed E-state index contributed by atoms with van der Waals surface area (Å²) in [7, 11) is 0. The van der Waals surface area contributed by atoms with E-state index in [9.17, 15) is 14.9 Å². The fourth-order valence-corrected chi connectivity index (χ4v) is 4.43. The molecule has 9 heteroatoms. The molecule has 0 unspecified atom stereocenters. The molecule has 0 fully saturated rings. The van der Waals surface area contributed by atoms with Crippen molar-refractivity contribution >= 4 is 69.4 Å². The van der Waals surface area contributed by atoms with Crippen LogP contribution in [-0.2, 0) is 0 Å². The Morgan fingerprint density at radius 3 is 2.52 bits per heavy atom. The van der Waals surface area contributed by atoms with Gasteiger partial charge < -0.3 is 0 Å². The van der Waals surface area contributed by atoms with Gasteiger partial charge in [-0.2, -0.15) is 0 Å². The van der Waals surface area contributed by atoms with Crippen molar-refractivity contribution in [1.29, 1.82) is 0 Å². The molecule has 0 aliphatic carbocycles. The SMILES string of the molecule is C=C=C=C=C=C=C=CC(=C)Cl.CC(=O)c1cc([N+](=O)[O-])c(Sc2cccc(Cl)c2Cl)s1. The number of rotatable bonds is 5. The minimum absolute atomic E-state index is 0.0961. The average Bonchev–Trinajstić information content (AvgIpc) is 3.13. The van der Waals surface area contributed by atoms with Gasteiger partial charge in [0.05, 0.1) is 19.8 Å². The maximum atomic E-state index is 11.3. The van der Waals surface area contributed by atoms with Crippen molar-refractivity contribution in [2.24, 2.45) is 0 Å². The van der Waals surface area contributed by atoms with E-state index in [-0.39, 0.29) is 11.5 Å². The predicted molar refractivity (Wildman–Crippen MR) is 128 cm³/mol. The van der Waals surface area contributed by atoms with Crippen LogP contribution in [0.2, 0.25) is 10.0 Å². The van der Waals surface area contributed by atoms with Crippen molar-refractivity contribution in [3.05, 3.63) is 108 Å². The molecule has 1 aromatic carbocycles. The maximum absolute atomic E-state index is 11.3. The quantitative estimate of drug-likeness (QED) is 0.134. The third-order valence-corrected chi connectivity index (χ3v) is 6.43. The first-order valence-electron chi connectivity index (χ1n) is 8.03. The van der Waals surface area contributed by atoms with Crippen molar-refractivity contribution in [2.45, 2.75) is 16.0 Å². The number of halogens is 3. The second-order valence-electron chi connectivity index (χ2n) is 5.16. The first kappa shape index (κ1) is 26.4. The Labute approximate surface area is 202 Å². The van der Waals surface area contributed by atoms with Gasteiger partial charge in [0.1, 0.15) is 4.21 Å². The summed E-state index contributed by atoms with van der Waals surface area (Å²) in [6.45, 7) is 8.06. The van der Waals surface area contributed by atoms with Crippen LogP contribution in [0.25, 0.3) is 0 Å². The highest BCUT2D eigenvalue weighted by atomic mass is 35.5. The number of thiophene rings is 1. The molecule has 4 nitrogen and oxygen atoms in total. The smallest absolute Gasteiger partial charge is 0.294 e. The third kappa shape index (κ3) is 9.37. The fraction of sp³-hybridized carbons (Fsp3) is 0.0455. The number of nitrogens with zero attached hydrogens (tertiary/aromatic N) is 1. The number of hydrogen-bond donors (Lipinski definition) is 0. The second kappa shape index (κ2) is 13.6. The highest BCUT2D eigenvalue weighted by molar-refractivity contribution is 8.01. The summed E-state index contributed by atoms with van der Waals surface area (Å²) in [5.41, 5.74) is 14.8. The van der Waals surface area contributed by atoms with Crippen LogP contribution in [0.1, 0.15) is 16.6 Å². The molecule has 0 atom stereocenters. The van der Waals surface area contributed by atoms with Crippen molar-refractivity contribution in [1.82, 2.24) is 0 Å². The molecule has 0 bridgehead atoms. The Kier molecular flexibility index (Phi) is 11.6. The number of carbonyl (C=O) groups excluding carboxylic acids is 1. The molecular formula is C22H12Cl3NO3S2. The van der Waals surface area contributed by atoms with Crippen LogP contribution in [0.15, 0.2) is 92.0 Å². The lowest BCUT2D eigenvalue weighted by molar-refractivity contribution is -0.387. The van der Waals surface area contributed by atoms with Crippen LogP contribution >= 0.6 is 57.9 Å². The van der Waals surface area contributed by atoms with Gasteiger partial charge in [-0.25, -0.2) is 0 Å². The van der Waals surface area contributed by atoms with Gasteiger partial charge in [0.25, 0.3) is 5.69 Å². The van der Waals surface area contributed by atoms with Crippen LogP contribution in [0, 0.1) is 10.1 Å². The molecule has 2 rings (SSSR count). The summed E-state index contributed by atoms with van der Waals surface area (Å²) >= 11 is 19.6. The van der Waals surface area contributed by atoms with Crippen molar-refractivity contribution in [2.75, 3.05) is 0 Å². The molecule has 1 aromatic heterocycles. The standard InChI is InChI=1S/C12H7Cl2NO3S2.C10H5Cl/c1-6(16)10-5-8(15(17)18)12(20-10)19-9-4-2-3-7(13)11(9)14;1-3-4-5-6-7-8-9-10(2)11/h2-5H,1H3;9H,1-2H2. The lowest BCUT2D eigenvalue weighted by Gasteiger charge is -2.03. The van der Waals surface area contributed by atoms with E-state index < -0.39 is 4.92 Å². The van der Waals surface area contributed by atoms with Crippen molar-refractivity contribution in [3.63, 3.8) is 0 Å². The van der Waals surface area contributed by atoms with E-state index in [1.807, 2.05) is 0 Å². The number of allylic oxidation sites excluding steroid dienone is 2. The van der Waals surface area contributed by atoms with E-state index in [0.29, 0.717) is 29.1 Å². The minimum atomic E-state index is -0.510. The fourth-order valence-electron chi connectivity index (χ4n) is 1.66. The molecule has 1 heterocycles.